The van der Waals surface area contributed by atoms with E-state index in [1.165, 1.54) is 30.5 Å². The lowest BCUT2D eigenvalue weighted by Gasteiger charge is -2.37. The molecule has 2 aliphatic heterocycles. The van der Waals surface area contributed by atoms with E-state index < -0.39 is 28.4 Å². The Morgan fingerprint density at radius 1 is 1.31 bits per heavy atom. The average molecular weight is 495 g/mol. The number of benzene rings is 1. The predicted molar refractivity (Wildman–Crippen MR) is 118 cm³/mol. The number of alkyl halides is 3. The van der Waals surface area contributed by atoms with Crippen molar-refractivity contribution < 1.29 is 32.4 Å². The van der Waals surface area contributed by atoms with Gasteiger partial charge in [-0.2, -0.15) is 13.2 Å². The molecule has 2 aromatic rings. The third-order valence-corrected chi connectivity index (χ3v) is 5.77. The van der Waals surface area contributed by atoms with Crippen LogP contribution in [0, 0.1) is 10.1 Å². The number of halogens is 3. The maximum Gasteiger partial charge on any atom is 0.416 e. The molecule has 0 radical (unpaired) electrons. The molecule has 4 rings (SSSR count). The van der Waals surface area contributed by atoms with Gasteiger partial charge in [-0.25, -0.2) is 4.79 Å². The number of aromatic nitrogens is 2. The highest BCUT2D eigenvalue weighted by Crippen LogP contribution is 2.32. The Morgan fingerprint density at radius 2 is 2.06 bits per heavy atom. The zero-order valence-electron chi connectivity index (χ0n) is 18.9. The molecule has 2 aliphatic rings. The van der Waals surface area contributed by atoms with Crippen LogP contribution in [0.25, 0.3) is 6.08 Å². The third kappa shape index (κ3) is 5.91. The second-order valence-electron chi connectivity index (χ2n) is 8.68. The first-order valence-electron chi connectivity index (χ1n) is 10.9. The average Bonchev–Trinajstić information content (AvgIpc) is 3.32. The summed E-state index contributed by atoms with van der Waals surface area (Å²) in [6.45, 7) is 4.93. The first-order chi connectivity index (χ1) is 16.5. The highest BCUT2D eigenvalue weighted by atomic mass is 19.4. The van der Waals surface area contributed by atoms with Gasteiger partial charge in [-0.05, 0) is 35.6 Å². The molecule has 10 nitrogen and oxygen atoms in total. The van der Waals surface area contributed by atoms with E-state index in [0.717, 1.165) is 12.1 Å². The van der Waals surface area contributed by atoms with Crippen molar-refractivity contribution in [2.24, 2.45) is 0 Å². The Kier molecular flexibility index (Phi) is 6.70. The first-order valence-corrected chi connectivity index (χ1v) is 10.9. The number of rotatable bonds is 6. The Morgan fingerprint density at radius 3 is 2.71 bits per heavy atom. The van der Waals surface area contributed by atoms with Crippen LogP contribution in [-0.4, -0.2) is 75.3 Å². The molecule has 13 heteroatoms. The number of fused-ring (bicyclic) bond motifs is 1. The van der Waals surface area contributed by atoms with Gasteiger partial charge in [-0.3, -0.25) is 9.47 Å². The number of hydrogen-bond donors (Lipinski definition) is 0. The van der Waals surface area contributed by atoms with E-state index in [2.05, 4.69) is 9.88 Å². The number of carbonyl (C=O) groups excluding carboxylic acids is 1. The number of carbonyl (C=O) groups is 1. The van der Waals surface area contributed by atoms with E-state index in [0.29, 0.717) is 44.8 Å². The number of nitro groups is 1. The SMILES string of the molecule is C[C@]1(CN2CCN(C(=O)OCC=Cc3cccc(C(F)(F)F)c3)CC2)Cn2cc([N+](=O)[O-])nc2O1. The molecule has 0 bridgehead atoms. The summed E-state index contributed by atoms with van der Waals surface area (Å²) >= 11 is 0. The molecule has 1 fully saturated rings. The maximum absolute atomic E-state index is 12.8. The van der Waals surface area contributed by atoms with Crippen molar-refractivity contribution in [2.75, 3.05) is 39.3 Å². The van der Waals surface area contributed by atoms with E-state index in [1.54, 1.807) is 9.47 Å². The molecule has 188 valence electrons. The van der Waals surface area contributed by atoms with E-state index in [4.69, 9.17) is 9.47 Å². The Labute approximate surface area is 198 Å². The van der Waals surface area contributed by atoms with Crippen LogP contribution in [-0.2, 0) is 17.5 Å². The molecule has 1 saturated heterocycles. The Bertz CT molecular complexity index is 1100. The van der Waals surface area contributed by atoms with Gasteiger partial charge in [0.05, 0.1) is 12.1 Å². The summed E-state index contributed by atoms with van der Waals surface area (Å²) < 4.78 is 51.1. The quantitative estimate of drug-likeness (QED) is 0.447. The fourth-order valence-corrected chi connectivity index (χ4v) is 4.14. The maximum atomic E-state index is 12.8. The van der Waals surface area contributed by atoms with Gasteiger partial charge >= 0.3 is 24.1 Å². The molecule has 1 aromatic carbocycles. The summed E-state index contributed by atoms with van der Waals surface area (Å²) in [6.07, 6.45) is -0.579. The van der Waals surface area contributed by atoms with Crippen LogP contribution in [0.15, 0.2) is 36.5 Å². The van der Waals surface area contributed by atoms with Gasteiger partial charge in [0, 0.05) is 37.7 Å². The molecular weight excluding hydrogens is 471 g/mol. The van der Waals surface area contributed by atoms with Crippen LogP contribution in [0.4, 0.5) is 23.8 Å². The largest absolute Gasteiger partial charge is 0.445 e. The summed E-state index contributed by atoms with van der Waals surface area (Å²) in [4.78, 5) is 30.2. The molecule has 0 unspecified atom stereocenters. The van der Waals surface area contributed by atoms with Crippen molar-refractivity contribution >= 4 is 18.0 Å². The molecule has 1 atom stereocenters. The van der Waals surface area contributed by atoms with Gasteiger partial charge in [0.2, 0.25) is 0 Å². The number of amides is 1. The number of piperazine rings is 1. The zero-order chi connectivity index (χ0) is 25.2. The van der Waals surface area contributed by atoms with Crippen LogP contribution in [0.5, 0.6) is 6.01 Å². The number of imidazole rings is 1. The molecule has 0 spiro atoms. The van der Waals surface area contributed by atoms with Crippen molar-refractivity contribution in [3.8, 4) is 6.01 Å². The van der Waals surface area contributed by atoms with Crippen LogP contribution in [0.3, 0.4) is 0 Å². The van der Waals surface area contributed by atoms with Crippen LogP contribution >= 0.6 is 0 Å². The van der Waals surface area contributed by atoms with Gasteiger partial charge in [-0.1, -0.05) is 18.2 Å². The first kappa shape index (κ1) is 24.5. The monoisotopic (exact) mass is 495 g/mol. The van der Waals surface area contributed by atoms with E-state index >= 15 is 0 Å². The van der Waals surface area contributed by atoms with Crippen LogP contribution in [0.1, 0.15) is 18.1 Å². The molecule has 1 amide bonds. The van der Waals surface area contributed by atoms with Crippen LogP contribution < -0.4 is 4.74 Å². The van der Waals surface area contributed by atoms with E-state index in [1.807, 2.05) is 6.92 Å². The molecule has 0 N–H and O–H groups in total. The minimum absolute atomic E-state index is 0.0567. The lowest BCUT2D eigenvalue weighted by Crippen LogP contribution is -2.54. The highest BCUT2D eigenvalue weighted by molar-refractivity contribution is 5.68. The lowest BCUT2D eigenvalue weighted by molar-refractivity contribution is -0.389. The molecular formula is C22H24F3N5O5. The van der Waals surface area contributed by atoms with Crippen molar-refractivity contribution in [2.45, 2.75) is 25.2 Å². The standard InChI is InChI=1S/C22H24F3N5O5/c1-21(15-29-13-18(30(32)33)26-19(29)35-21)14-27-7-9-28(10-8-27)20(31)34-11-3-5-16-4-2-6-17(12-16)22(23,24)25/h2-6,12-13H,7-11,14-15H2,1H3/t21-/m0/s1. The summed E-state index contributed by atoms with van der Waals surface area (Å²) in [7, 11) is 0. The molecule has 35 heavy (non-hydrogen) atoms. The van der Waals surface area contributed by atoms with E-state index in [-0.39, 0.29) is 18.4 Å². The fourth-order valence-electron chi connectivity index (χ4n) is 4.14. The second kappa shape index (κ2) is 9.56. The van der Waals surface area contributed by atoms with Crippen molar-refractivity contribution in [3.05, 3.63) is 57.8 Å². The van der Waals surface area contributed by atoms with Gasteiger partial charge < -0.3 is 24.5 Å². The predicted octanol–water partition coefficient (Wildman–Crippen LogP) is 3.43. The minimum atomic E-state index is -4.41. The van der Waals surface area contributed by atoms with Crippen molar-refractivity contribution in [1.82, 2.24) is 19.4 Å². The molecule has 1 aromatic heterocycles. The third-order valence-electron chi connectivity index (χ3n) is 5.77. The van der Waals surface area contributed by atoms with Crippen molar-refractivity contribution in [3.63, 3.8) is 0 Å². The molecule has 0 aliphatic carbocycles. The Balaban J connectivity index is 1.20. The van der Waals surface area contributed by atoms with Gasteiger partial charge in [0.1, 0.15) is 18.4 Å². The highest BCUT2D eigenvalue weighted by Gasteiger charge is 2.42. The van der Waals surface area contributed by atoms with Crippen LogP contribution in [0.2, 0.25) is 0 Å². The summed E-state index contributed by atoms with van der Waals surface area (Å²) in [6, 6.07) is 5.11. The van der Waals surface area contributed by atoms with Gasteiger partial charge in [-0.15, -0.1) is 0 Å². The number of nitrogens with zero attached hydrogens (tertiary/aromatic N) is 5. The fraction of sp³-hybridized carbons (Fsp3) is 0.455. The zero-order valence-corrected chi connectivity index (χ0v) is 18.9. The summed E-state index contributed by atoms with van der Waals surface area (Å²) in [5.74, 6) is -0.251. The number of ether oxygens (including phenoxy) is 2. The Hall–Kier alpha value is -3.61. The minimum Gasteiger partial charge on any atom is -0.445 e. The number of hydrogen-bond acceptors (Lipinski definition) is 7. The topological polar surface area (TPSA) is 103 Å². The molecule has 0 saturated carbocycles. The van der Waals surface area contributed by atoms with E-state index in [9.17, 15) is 28.1 Å². The smallest absolute Gasteiger partial charge is 0.416 e. The summed E-state index contributed by atoms with van der Waals surface area (Å²) in [5.41, 5.74) is -0.963. The van der Waals surface area contributed by atoms with Crippen molar-refractivity contribution in [1.29, 1.82) is 0 Å². The lowest BCUT2D eigenvalue weighted by atomic mass is 10.1. The molecule has 3 heterocycles. The summed E-state index contributed by atoms with van der Waals surface area (Å²) in [5, 5.41) is 10.8. The normalized spacial score (nSPS) is 20.6. The van der Waals surface area contributed by atoms with Gasteiger partial charge in [0.25, 0.3) is 0 Å². The van der Waals surface area contributed by atoms with Gasteiger partial charge in [0.15, 0.2) is 0 Å². The second-order valence-corrected chi connectivity index (χ2v) is 8.68.